The number of aliphatic hydroxyl groups excluding tert-OH is 2. The van der Waals surface area contributed by atoms with Crippen molar-refractivity contribution in [1.29, 1.82) is 0 Å². The van der Waals surface area contributed by atoms with Gasteiger partial charge in [-0.1, -0.05) is 0 Å². The van der Waals surface area contributed by atoms with Crippen LogP contribution in [0.5, 0.6) is 0 Å². The highest BCUT2D eigenvalue weighted by Gasteiger charge is 2.10. The van der Waals surface area contributed by atoms with Gasteiger partial charge in [0.2, 0.25) is 5.95 Å². The van der Waals surface area contributed by atoms with Crippen LogP contribution in [0.3, 0.4) is 0 Å². The molecule has 0 aliphatic rings. The van der Waals surface area contributed by atoms with Crippen LogP contribution in [-0.2, 0) is 0 Å². The lowest BCUT2D eigenvalue weighted by molar-refractivity contribution is 0.203. The highest BCUT2D eigenvalue weighted by atomic mass is 16.3. The molecule has 0 aliphatic carbocycles. The van der Waals surface area contributed by atoms with E-state index in [1.165, 1.54) is 0 Å². The van der Waals surface area contributed by atoms with Crippen LogP contribution in [0.4, 0.5) is 5.95 Å². The van der Waals surface area contributed by atoms with Crippen LogP contribution in [0.25, 0.3) is 11.3 Å². The Labute approximate surface area is 105 Å². The van der Waals surface area contributed by atoms with E-state index in [4.69, 9.17) is 10.2 Å². The van der Waals surface area contributed by atoms with Gasteiger partial charge in [0.1, 0.15) is 0 Å². The first-order valence-corrected chi connectivity index (χ1v) is 5.69. The maximum Gasteiger partial charge on any atom is 0.223 e. The summed E-state index contributed by atoms with van der Waals surface area (Å²) in [6.07, 6.45) is 5.40. The van der Waals surface area contributed by atoms with Gasteiger partial charge < -0.3 is 20.5 Å². The maximum absolute atomic E-state index is 9.01. The number of nitrogens with one attached hydrogen (secondary N) is 2. The quantitative estimate of drug-likeness (QED) is 0.620. The molecule has 4 N–H and O–H groups in total. The Balaban J connectivity index is 2.27. The lowest BCUT2D eigenvalue weighted by Crippen LogP contribution is -2.28. The van der Waals surface area contributed by atoms with Crippen LogP contribution in [0, 0.1) is 6.92 Å². The molecule has 0 unspecified atom stereocenters. The fourth-order valence-corrected chi connectivity index (χ4v) is 1.61. The van der Waals surface area contributed by atoms with E-state index in [1.807, 2.05) is 25.4 Å². The standard InChI is InChI=1S/C12H16N4O2/c1-8-4-14-12(15-10(6-17)7-18)16-11(8)9-2-3-13-5-9/h2-5,10,13,17-18H,6-7H2,1H3,(H,14,15,16). The van der Waals surface area contributed by atoms with Crippen molar-refractivity contribution in [2.24, 2.45) is 0 Å². The molecule has 0 radical (unpaired) electrons. The highest BCUT2D eigenvalue weighted by Crippen LogP contribution is 2.21. The summed E-state index contributed by atoms with van der Waals surface area (Å²) in [5, 5.41) is 20.9. The number of aromatic amines is 1. The molecule has 0 saturated carbocycles. The average molecular weight is 248 g/mol. The number of nitrogens with zero attached hydrogens (tertiary/aromatic N) is 2. The van der Waals surface area contributed by atoms with E-state index in [0.717, 1.165) is 16.8 Å². The zero-order valence-corrected chi connectivity index (χ0v) is 10.1. The number of anilines is 1. The normalized spacial score (nSPS) is 10.9. The van der Waals surface area contributed by atoms with Crippen molar-refractivity contribution in [3.63, 3.8) is 0 Å². The van der Waals surface area contributed by atoms with E-state index >= 15 is 0 Å². The van der Waals surface area contributed by atoms with Gasteiger partial charge in [-0.2, -0.15) is 0 Å². The summed E-state index contributed by atoms with van der Waals surface area (Å²) >= 11 is 0. The summed E-state index contributed by atoms with van der Waals surface area (Å²) in [7, 11) is 0. The maximum atomic E-state index is 9.01. The first-order chi connectivity index (χ1) is 8.74. The molecule has 2 aromatic rings. The number of aryl methyl sites for hydroxylation is 1. The van der Waals surface area contributed by atoms with Crippen LogP contribution < -0.4 is 5.32 Å². The fourth-order valence-electron chi connectivity index (χ4n) is 1.61. The SMILES string of the molecule is Cc1cnc(NC(CO)CO)nc1-c1cc[nH]c1. The summed E-state index contributed by atoms with van der Waals surface area (Å²) in [5.41, 5.74) is 2.76. The minimum absolute atomic E-state index is 0.173. The van der Waals surface area contributed by atoms with Crippen molar-refractivity contribution in [1.82, 2.24) is 15.0 Å². The zero-order chi connectivity index (χ0) is 13.0. The van der Waals surface area contributed by atoms with Gasteiger partial charge in [0.15, 0.2) is 0 Å². The van der Waals surface area contributed by atoms with Crippen molar-refractivity contribution in [3.8, 4) is 11.3 Å². The summed E-state index contributed by atoms with van der Waals surface area (Å²) < 4.78 is 0. The van der Waals surface area contributed by atoms with Crippen molar-refractivity contribution in [2.75, 3.05) is 18.5 Å². The third-order valence-corrected chi connectivity index (χ3v) is 2.62. The molecule has 0 atom stereocenters. The van der Waals surface area contributed by atoms with E-state index in [2.05, 4.69) is 20.3 Å². The zero-order valence-electron chi connectivity index (χ0n) is 10.1. The van der Waals surface area contributed by atoms with E-state index in [-0.39, 0.29) is 13.2 Å². The molecular weight excluding hydrogens is 232 g/mol. The molecule has 0 spiro atoms. The van der Waals surface area contributed by atoms with Gasteiger partial charge in [-0.05, 0) is 18.6 Å². The molecule has 0 amide bonds. The molecule has 0 fully saturated rings. The fraction of sp³-hybridized carbons (Fsp3) is 0.333. The molecule has 0 aromatic carbocycles. The topological polar surface area (TPSA) is 94.1 Å². The first-order valence-electron chi connectivity index (χ1n) is 5.69. The third kappa shape index (κ3) is 2.66. The molecule has 96 valence electrons. The van der Waals surface area contributed by atoms with Gasteiger partial charge in [-0.15, -0.1) is 0 Å². The van der Waals surface area contributed by atoms with E-state index < -0.39 is 6.04 Å². The number of aliphatic hydroxyl groups is 2. The first kappa shape index (κ1) is 12.5. The molecule has 2 rings (SSSR count). The van der Waals surface area contributed by atoms with E-state index in [1.54, 1.807) is 6.20 Å². The number of hydrogen-bond acceptors (Lipinski definition) is 5. The molecule has 18 heavy (non-hydrogen) atoms. The second kappa shape index (κ2) is 5.61. The van der Waals surface area contributed by atoms with E-state index in [9.17, 15) is 0 Å². The monoisotopic (exact) mass is 248 g/mol. The summed E-state index contributed by atoms with van der Waals surface area (Å²) in [4.78, 5) is 11.5. The average Bonchev–Trinajstić information content (AvgIpc) is 2.91. The lowest BCUT2D eigenvalue weighted by atomic mass is 10.1. The van der Waals surface area contributed by atoms with Crippen LogP contribution in [-0.4, -0.2) is 44.4 Å². The van der Waals surface area contributed by atoms with Crippen molar-refractivity contribution < 1.29 is 10.2 Å². The molecule has 0 aliphatic heterocycles. The van der Waals surface area contributed by atoms with E-state index in [0.29, 0.717) is 5.95 Å². The van der Waals surface area contributed by atoms with Crippen LogP contribution >= 0.6 is 0 Å². The number of rotatable bonds is 5. The van der Waals surface area contributed by atoms with Crippen molar-refractivity contribution in [2.45, 2.75) is 13.0 Å². The molecule has 6 nitrogen and oxygen atoms in total. The van der Waals surface area contributed by atoms with Gasteiger partial charge in [-0.3, -0.25) is 0 Å². The number of hydrogen-bond donors (Lipinski definition) is 4. The molecule has 0 bridgehead atoms. The Kier molecular flexibility index (Phi) is 3.91. The predicted octanol–water partition coefficient (Wildman–Crippen LogP) is 0.545. The molecule has 2 aromatic heterocycles. The number of H-pyrrole nitrogens is 1. The molecule has 0 saturated heterocycles. The van der Waals surface area contributed by atoms with Gasteiger partial charge in [0, 0.05) is 24.2 Å². The minimum atomic E-state index is -0.452. The molecule has 6 heteroatoms. The van der Waals surface area contributed by atoms with Gasteiger partial charge in [0.05, 0.1) is 24.9 Å². The Morgan fingerprint density at radius 2 is 2.17 bits per heavy atom. The Hall–Kier alpha value is -1.92. The van der Waals surface area contributed by atoms with Crippen LogP contribution in [0.15, 0.2) is 24.7 Å². The molecular formula is C12H16N4O2. The van der Waals surface area contributed by atoms with Crippen LogP contribution in [0.2, 0.25) is 0 Å². The highest BCUT2D eigenvalue weighted by molar-refractivity contribution is 5.62. The smallest absolute Gasteiger partial charge is 0.223 e. The van der Waals surface area contributed by atoms with Crippen molar-refractivity contribution in [3.05, 3.63) is 30.2 Å². The number of aromatic nitrogens is 3. The largest absolute Gasteiger partial charge is 0.394 e. The van der Waals surface area contributed by atoms with Crippen molar-refractivity contribution >= 4 is 5.95 Å². The third-order valence-electron chi connectivity index (χ3n) is 2.62. The van der Waals surface area contributed by atoms with Gasteiger partial charge >= 0.3 is 0 Å². The summed E-state index contributed by atoms with van der Waals surface area (Å²) in [6.45, 7) is 1.59. The minimum Gasteiger partial charge on any atom is -0.394 e. The second-order valence-electron chi connectivity index (χ2n) is 4.03. The Morgan fingerprint density at radius 3 is 2.78 bits per heavy atom. The summed E-state index contributed by atoms with van der Waals surface area (Å²) in [6, 6.07) is 1.47. The predicted molar refractivity (Wildman–Crippen MR) is 68.1 cm³/mol. The van der Waals surface area contributed by atoms with Crippen LogP contribution in [0.1, 0.15) is 5.56 Å². The Bertz CT molecular complexity index is 495. The summed E-state index contributed by atoms with van der Waals surface area (Å²) in [5.74, 6) is 0.393. The lowest BCUT2D eigenvalue weighted by Gasteiger charge is -2.14. The van der Waals surface area contributed by atoms with Gasteiger partial charge in [0.25, 0.3) is 0 Å². The van der Waals surface area contributed by atoms with Gasteiger partial charge in [-0.25, -0.2) is 9.97 Å². The molecule has 2 heterocycles. The Morgan fingerprint density at radius 1 is 1.39 bits per heavy atom. The second-order valence-corrected chi connectivity index (χ2v) is 4.03.